The quantitative estimate of drug-likeness (QED) is 0.344. The van der Waals surface area contributed by atoms with E-state index in [9.17, 15) is 4.79 Å². The number of ether oxygens (including phenoxy) is 1. The van der Waals surface area contributed by atoms with Gasteiger partial charge in [-0.2, -0.15) is 0 Å². The van der Waals surface area contributed by atoms with Gasteiger partial charge < -0.3 is 9.84 Å². The Balaban J connectivity index is 3.33. The Bertz CT molecular complexity index is 125. The Labute approximate surface area is 70.8 Å². The number of aliphatic hydroxyl groups excluding tert-OH is 1. The average molecular weight is 178 g/mol. The molecule has 5 heteroatoms. The van der Waals surface area contributed by atoms with Crippen molar-refractivity contribution >= 4 is 5.97 Å². The SMILES string of the molecule is CCCC(=O)OCC(O)COO. The van der Waals surface area contributed by atoms with Gasteiger partial charge in [-0.1, -0.05) is 6.92 Å². The molecule has 0 aliphatic carbocycles. The predicted molar refractivity (Wildman–Crippen MR) is 40.5 cm³/mol. The van der Waals surface area contributed by atoms with Gasteiger partial charge in [0.15, 0.2) is 0 Å². The van der Waals surface area contributed by atoms with Gasteiger partial charge in [-0.15, -0.1) is 0 Å². The van der Waals surface area contributed by atoms with Crippen molar-refractivity contribution < 1.29 is 24.8 Å². The van der Waals surface area contributed by atoms with Gasteiger partial charge in [0.25, 0.3) is 0 Å². The zero-order valence-electron chi connectivity index (χ0n) is 7.02. The fraction of sp³-hybridized carbons (Fsp3) is 0.857. The van der Waals surface area contributed by atoms with Crippen LogP contribution in [0.15, 0.2) is 0 Å². The van der Waals surface area contributed by atoms with E-state index in [4.69, 9.17) is 10.4 Å². The third kappa shape index (κ3) is 6.09. The van der Waals surface area contributed by atoms with Gasteiger partial charge in [0.2, 0.25) is 0 Å². The van der Waals surface area contributed by atoms with Gasteiger partial charge in [-0.05, 0) is 6.42 Å². The molecule has 0 spiro atoms. The van der Waals surface area contributed by atoms with Gasteiger partial charge in [-0.25, -0.2) is 4.89 Å². The number of carbonyl (C=O) groups excluding carboxylic acids is 1. The van der Waals surface area contributed by atoms with E-state index in [0.29, 0.717) is 12.8 Å². The summed E-state index contributed by atoms with van der Waals surface area (Å²) in [4.78, 5) is 14.4. The Morgan fingerprint density at radius 3 is 2.67 bits per heavy atom. The molecular weight excluding hydrogens is 164 g/mol. The van der Waals surface area contributed by atoms with E-state index in [0.717, 1.165) is 0 Å². The van der Waals surface area contributed by atoms with Gasteiger partial charge in [-0.3, -0.25) is 10.1 Å². The Kier molecular flexibility index (Phi) is 6.64. The summed E-state index contributed by atoms with van der Waals surface area (Å²) in [7, 11) is 0. The molecule has 0 aromatic heterocycles. The van der Waals surface area contributed by atoms with Crippen molar-refractivity contribution in [2.75, 3.05) is 13.2 Å². The number of carbonyl (C=O) groups is 1. The van der Waals surface area contributed by atoms with Crippen LogP contribution in [0.4, 0.5) is 0 Å². The molecule has 0 radical (unpaired) electrons. The summed E-state index contributed by atoms with van der Waals surface area (Å²) in [6.45, 7) is 1.47. The Morgan fingerprint density at radius 1 is 1.50 bits per heavy atom. The zero-order chi connectivity index (χ0) is 9.40. The normalized spacial score (nSPS) is 12.6. The second kappa shape index (κ2) is 7.02. The van der Waals surface area contributed by atoms with Gasteiger partial charge in [0.1, 0.15) is 19.3 Å². The van der Waals surface area contributed by atoms with E-state index in [1.54, 1.807) is 0 Å². The summed E-state index contributed by atoms with van der Waals surface area (Å²) < 4.78 is 4.62. The fourth-order valence-corrected chi connectivity index (χ4v) is 0.600. The minimum Gasteiger partial charge on any atom is -0.463 e. The smallest absolute Gasteiger partial charge is 0.305 e. The molecule has 0 saturated carbocycles. The molecule has 0 aromatic carbocycles. The van der Waals surface area contributed by atoms with E-state index in [-0.39, 0.29) is 19.2 Å². The summed E-state index contributed by atoms with van der Waals surface area (Å²) >= 11 is 0. The van der Waals surface area contributed by atoms with Gasteiger partial charge in [0, 0.05) is 6.42 Å². The molecule has 0 aliphatic rings. The molecule has 0 aromatic rings. The van der Waals surface area contributed by atoms with Crippen molar-refractivity contribution in [1.29, 1.82) is 0 Å². The van der Waals surface area contributed by atoms with Crippen LogP contribution in [0.25, 0.3) is 0 Å². The molecule has 0 rings (SSSR count). The lowest BCUT2D eigenvalue weighted by Gasteiger charge is -2.08. The molecule has 12 heavy (non-hydrogen) atoms. The molecule has 72 valence electrons. The van der Waals surface area contributed by atoms with Crippen LogP contribution in [-0.2, 0) is 14.4 Å². The number of hydrogen-bond donors (Lipinski definition) is 2. The first kappa shape index (κ1) is 11.4. The van der Waals surface area contributed by atoms with E-state index in [1.165, 1.54) is 0 Å². The molecule has 0 saturated heterocycles. The predicted octanol–water partition coefficient (Wildman–Crippen LogP) is 0.180. The fourth-order valence-electron chi connectivity index (χ4n) is 0.600. The summed E-state index contributed by atoms with van der Waals surface area (Å²) in [5.74, 6) is -0.352. The topological polar surface area (TPSA) is 76.0 Å². The number of hydrogen-bond acceptors (Lipinski definition) is 5. The molecule has 0 fully saturated rings. The second-order valence-corrected chi connectivity index (χ2v) is 2.38. The second-order valence-electron chi connectivity index (χ2n) is 2.38. The van der Waals surface area contributed by atoms with Crippen molar-refractivity contribution in [3.05, 3.63) is 0 Å². The van der Waals surface area contributed by atoms with Crippen molar-refractivity contribution in [3.63, 3.8) is 0 Å². The van der Waals surface area contributed by atoms with E-state index in [2.05, 4.69) is 9.62 Å². The highest BCUT2D eigenvalue weighted by molar-refractivity contribution is 5.69. The van der Waals surface area contributed by atoms with E-state index < -0.39 is 6.10 Å². The van der Waals surface area contributed by atoms with Crippen LogP contribution < -0.4 is 0 Å². The highest BCUT2D eigenvalue weighted by Gasteiger charge is 2.07. The van der Waals surface area contributed by atoms with Crippen LogP contribution in [0.3, 0.4) is 0 Å². The molecule has 0 amide bonds. The summed E-state index contributed by atoms with van der Waals surface area (Å²) in [5.41, 5.74) is 0. The third-order valence-corrected chi connectivity index (χ3v) is 1.16. The van der Waals surface area contributed by atoms with Crippen LogP contribution in [-0.4, -0.2) is 35.7 Å². The molecule has 0 heterocycles. The minimum atomic E-state index is -0.962. The number of esters is 1. The molecule has 1 unspecified atom stereocenters. The number of rotatable bonds is 6. The molecule has 2 N–H and O–H groups in total. The van der Waals surface area contributed by atoms with Crippen LogP contribution in [0.5, 0.6) is 0 Å². The van der Waals surface area contributed by atoms with Crippen LogP contribution >= 0.6 is 0 Å². The molecule has 0 aliphatic heterocycles. The Morgan fingerprint density at radius 2 is 2.17 bits per heavy atom. The summed E-state index contributed by atoms with van der Waals surface area (Å²) in [6, 6.07) is 0. The highest BCUT2D eigenvalue weighted by Crippen LogP contribution is 1.93. The van der Waals surface area contributed by atoms with Crippen LogP contribution in [0.1, 0.15) is 19.8 Å². The van der Waals surface area contributed by atoms with E-state index in [1.807, 2.05) is 6.92 Å². The minimum absolute atomic E-state index is 0.139. The summed E-state index contributed by atoms with van der Waals surface area (Å²) in [6.07, 6.45) is 0.0915. The standard InChI is InChI=1S/C7H14O5/c1-2-3-7(9)11-4-6(8)5-12-10/h6,8,10H,2-5H2,1H3. The lowest BCUT2D eigenvalue weighted by atomic mass is 10.3. The maximum absolute atomic E-state index is 10.7. The van der Waals surface area contributed by atoms with Gasteiger partial charge in [0.05, 0.1) is 0 Å². The average Bonchev–Trinajstić information content (AvgIpc) is 2.02. The molecule has 5 nitrogen and oxygen atoms in total. The first-order valence-corrected chi connectivity index (χ1v) is 3.80. The largest absolute Gasteiger partial charge is 0.463 e. The van der Waals surface area contributed by atoms with Crippen molar-refractivity contribution in [1.82, 2.24) is 0 Å². The molecule has 1 atom stereocenters. The monoisotopic (exact) mass is 178 g/mol. The first-order valence-electron chi connectivity index (χ1n) is 3.80. The van der Waals surface area contributed by atoms with Gasteiger partial charge >= 0.3 is 5.97 Å². The summed E-state index contributed by atoms with van der Waals surface area (Å²) in [5, 5.41) is 16.8. The van der Waals surface area contributed by atoms with Crippen LogP contribution in [0, 0.1) is 0 Å². The maximum atomic E-state index is 10.7. The number of aliphatic hydroxyl groups is 1. The highest BCUT2D eigenvalue weighted by atomic mass is 17.1. The first-order chi connectivity index (χ1) is 5.70. The zero-order valence-corrected chi connectivity index (χ0v) is 7.02. The Hall–Kier alpha value is -0.650. The van der Waals surface area contributed by atoms with Crippen molar-refractivity contribution in [3.8, 4) is 0 Å². The maximum Gasteiger partial charge on any atom is 0.305 e. The van der Waals surface area contributed by atoms with Crippen LogP contribution in [0.2, 0.25) is 0 Å². The van der Waals surface area contributed by atoms with E-state index >= 15 is 0 Å². The molecule has 0 bridgehead atoms. The third-order valence-electron chi connectivity index (χ3n) is 1.16. The lowest BCUT2D eigenvalue weighted by molar-refractivity contribution is -0.259. The molecular formula is C7H14O5. The van der Waals surface area contributed by atoms with Crippen molar-refractivity contribution in [2.45, 2.75) is 25.9 Å². The van der Waals surface area contributed by atoms with Crippen molar-refractivity contribution in [2.24, 2.45) is 0 Å². The lowest BCUT2D eigenvalue weighted by Crippen LogP contribution is -2.23.